The molecule has 0 aliphatic carbocycles. The van der Waals surface area contributed by atoms with E-state index >= 15 is 0 Å². The van der Waals surface area contributed by atoms with E-state index < -0.39 is 23.0 Å². The van der Waals surface area contributed by atoms with Gasteiger partial charge in [0.25, 0.3) is 0 Å². The van der Waals surface area contributed by atoms with Crippen LogP contribution < -0.4 is 0 Å². The Morgan fingerprint density at radius 2 is 1.91 bits per heavy atom. The third-order valence-electron chi connectivity index (χ3n) is 3.28. The second kappa shape index (κ2) is 7.04. The van der Waals surface area contributed by atoms with Crippen LogP contribution in [0.2, 0.25) is 0 Å². The van der Waals surface area contributed by atoms with Crippen molar-refractivity contribution in [2.24, 2.45) is 0 Å². The Hall–Kier alpha value is -2.02. The quantitative estimate of drug-likeness (QED) is 0.776. The number of methoxy groups -OCH3 is 1. The van der Waals surface area contributed by atoms with Gasteiger partial charge in [-0.1, -0.05) is 18.2 Å². The molecule has 0 bridgehead atoms. The number of alkyl halides is 3. The summed E-state index contributed by atoms with van der Waals surface area (Å²) < 4.78 is 44.5. The third-order valence-corrected chi connectivity index (χ3v) is 4.23. The molecule has 0 amide bonds. The molecule has 0 fully saturated rings. The van der Waals surface area contributed by atoms with Crippen molar-refractivity contribution < 1.29 is 22.7 Å². The van der Waals surface area contributed by atoms with Crippen molar-refractivity contribution in [1.82, 2.24) is 4.98 Å². The van der Waals surface area contributed by atoms with Crippen LogP contribution in [0.4, 0.5) is 13.2 Å². The van der Waals surface area contributed by atoms with Gasteiger partial charge in [-0.05, 0) is 30.0 Å². The first-order valence-corrected chi connectivity index (χ1v) is 7.91. The zero-order valence-electron chi connectivity index (χ0n) is 12.4. The van der Waals surface area contributed by atoms with E-state index in [0.717, 1.165) is 6.07 Å². The van der Waals surface area contributed by atoms with E-state index in [2.05, 4.69) is 4.98 Å². The molecule has 0 N–H and O–H groups in total. The third kappa shape index (κ3) is 3.67. The van der Waals surface area contributed by atoms with Crippen LogP contribution in [0.15, 0.2) is 42.6 Å². The fourth-order valence-electron chi connectivity index (χ4n) is 2.28. The first-order valence-electron chi connectivity index (χ1n) is 6.62. The molecule has 1 heterocycles. The van der Waals surface area contributed by atoms with E-state index in [-0.39, 0.29) is 16.8 Å². The summed E-state index contributed by atoms with van der Waals surface area (Å²) >= 11 is 1.18. The van der Waals surface area contributed by atoms with Gasteiger partial charge in [0, 0.05) is 6.20 Å². The number of hydrogen-bond acceptors (Lipinski definition) is 4. The zero-order chi connectivity index (χ0) is 17.0. The van der Waals surface area contributed by atoms with Gasteiger partial charge in [-0.3, -0.25) is 4.98 Å². The number of pyridine rings is 1. The molecule has 1 aromatic heterocycles. The highest BCUT2D eigenvalue weighted by Gasteiger charge is 2.36. The van der Waals surface area contributed by atoms with Gasteiger partial charge in [-0.2, -0.15) is 24.9 Å². The smallest absolute Gasteiger partial charge is 0.416 e. The molecule has 1 atom stereocenters. The maximum absolute atomic E-state index is 13.3. The minimum Gasteiger partial charge on any atom is -0.465 e. The zero-order valence-corrected chi connectivity index (χ0v) is 13.2. The van der Waals surface area contributed by atoms with Gasteiger partial charge in [-0.15, -0.1) is 0 Å². The Labute approximate surface area is 135 Å². The molecule has 1 aromatic carbocycles. The van der Waals surface area contributed by atoms with Gasteiger partial charge in [-0.25, -0.2) is 4.79 Å². The van der Waals surface area contributed by atoms with Crippen molar-refractivity contribution in [3.63, 3.8) is 0 Å². The van der Waals surface area contributed by atoms with Crippen LogP contribution in [0.5, 0.6) is 0 Å². The average Bonchev–Trinajstić information content (AvgIpc) is 2.55. The van der Waals surface area contributed by atoms with Crippen LogP contribution in [0.25, 0.3) is 0 Å². The highest BCUT2D eigenvalue weighted by atomic mass is 32.2. The van der Waals surface area contributed by atoms with E-state index in [1.165, 1.54) is 49.3 Å². The normalized spacial score (nSPS) is 12.7. The van der Waals surface area contributed by atoms with Crippen molar-refractivity contribution in [1.29, 1.82) is 0 Å². The molecule has 7 heteroatoms. The number of rotatable bonds is 4. The number of halogens is 3. The van der Waals surface area contributed by atoms with Gasteiger partial charge in [0.1, 0.15) is 0 Å². The lowest BCUT2D eigenvalue weighted by atomic mass is 9.99. The molecule has 1 unspecified atom stereocenters. The number of aromatic nitrogens is 1. The summed E-state index contributed by atoms with van der Waals surface area (Å²) in [6, 6.07) is 8.34. The van der Waals surface area contributed by atoms with Crippen LogP contribution in [-0.4, -0.2) is 24.3 Å². The van der Waals surface area contributed by atoms with Crippen molar-refractivity contribution in [2.45, 2.75) is 11.4 Å². The van der Waals surface area contributed by atoms with Gasteiger partial charge >= 0.3 is 12.1 Å². The van der Waals surface area contributed by atoms with Crippen LogP contribution in [0, 0.1) is 0 Å². The van der Waals surface area contributed by atoms with E-state index in [1.807, 2.05) is 0 Å². The average molecular weight is 341 g/mol. The molecule has 0 saturated carbocycles. The number of esters is 1. The fourth-order valence-corrected chi connectivity index (χ4v) is 3.15. The van der Waals surface area contributed by atoms with Gasteiger partial charge in [0.05, 0.1) is 29.2 Å². The summed E-state index contributed by atoms with van der Waals surface area (Å²) in [6.45, 7) is 0. The number of carbonyl (C=O) groups is 1. The molecule has 0 saturated heterocycles. The van der Waals surface area contributed by atoms with Crippen molar-refractivity contribution in [3.8, 4) is 0 Å². The van der Waals surface area contributed by atoms with E-state index in [0.29, 0.717) is 0 Å². The van der Waals surface area contributed by atoms with Crippen molar-refractivity contribution >= 4 is 17.7 Å². The topological polar surface area (TPSA) is 39.2 Å². The summed E-state index contributed by atoms with van der Waals surface area (Å²) in [6.07, 6.45) is -1.36. The van der Waals surface area contributed by atoms with Gasteiger partial charge in [0.2, 0.25) is 0 Å². The number of hydrogen-bond donors (Lipinski definition) is 0. The highest BCUT2D eigenvalue weighted by molar-refractivity contribution is 7.99. The monoisotopic (exact) mass is 341 g/mol. The Morgan fingerprint density at radius 3 is 2.52 bits per heavy atom. The lowest BCUT2D eigenvalue weighted by Crippen LogP contribution is -2.15. The molecule has 2 rings (SSSR count). The molecule has 2 aromatic rings. The molecule has 0 spiro atoms. The minimum absolute atomic E-state index is 0.0661. The number of thioether (sulfide) groups is 1. The van der Waals surface area contributed by atoms with Crippen LogP contribution in [-0.2, 0) is 10.9 Å². The van der Waals surface area contributed by atoms with Gasteiger partial charge in [0.15, 0.2) is 0 Å². The number of ether oxygens (including phenoxy) is 1. The van der Waals surface area contributed by atoms with E-state index in [1.54, 1.807) is 12.3 Å². The molecular formula is C16H14F3NO2S. The summed E-state index contributed by atoms with van der Waals surface area (Å²) in [5, 5.41) is -0.733. The fraction of sp³-hybridized carbons (Fsp3) is 0.250. The molecular weight excluding hydrogens is 327 g/mol. The highest BCUT2D eigenvalue weighted by Crippen LogP contribution is 2.41. The second-order valence-electron chi connectivity index (χ2n) is 4.63. The first kappa shape index (κ1) is 17.3. The van der Waals surface area contributed by atoms with Crippen molar-refractivity contribution in [3.05, 3.63) is 65.0 Å². The maximum Gasteiger partial charge on any atom is 0.416 e. The van der Waals surface area contributed by atoms with Gasteiger partial charge < -0.3 is 4.74 Å². The largest absolute Gasteiger partial charge is 0.465 e. The minimum atomic E-state index is -4.48. The standard InChI is InChI=1S/C16H14F3NO2S/c1-22-15(21)11-7-5-9-20-13(11)14(23-2)10-6-3-4-8-12(10)16(17,18)19/h3-9,14H,1-2H3. The van der Waals surface area contributed by atoms with Crippen LogP contribution in [0.3, 0.4) is 0 Å². The van der Waals surface area contributed by atoms with E-state index in [4.69, 9.17) is 4.74 Å². The van der Waals surface area contributed by atoms with Crippen LogP contribution >= 0.6 is 11.8 Å². The Balaban J connectivity index is 2.61. The number of benzene rings is 1. The molecule has 0 aliphatic heterocycles. The predicted octanol–water partition coefficient (Wildman–Crippen LogP) is 4.34. The number of nitrogens with zero attached hydrogens (tertiary/aromatic N) is 1. The molecule has 0 radical (unpaired) electrons. The van der Waals surface area contributed by atoms with E-state index in [9.17, 15) is 18.0 Å². The molecule has 122 valence electrons. The molecule has 3 nitrogen and oxygen atoms in total. The number of carbonyl (C=O) groups excluding carboxylic acids is 1. The predicted molar refractivity (Wildman–Crippen MR) is 82.4 cm³/mol. The Kier molecular flexibility index (Phi) is 5.30. The summed E-state index contributed by atoms with van der Waals surface area (Å²) in [5.74, 6) is -0.628. The maximum atomic E-state index is 13.3. The summed E-state index contributed by atoms with van der Waals surface area (Å²) in [7, 11) is 1.22. The summed E-state index contributed by atoms with van der Waals surface area (Å²) in [5.41, 5.74) is -0.257. The SMILES string of the molecule is COC(=O)c1cccnc1C(SC)c1ccccc1C(F)(F)F. The first-order chi connectivity index (χ1) is 10.9. The Morgan fingerprint density at radius 1 is 1.22 bits per heavy atom. The van der Waals surface area contributed by atoms with Crippen molar-refractivity contribution in [2.75, 3.05) is 13.4 Å². The second-order valence-corrected chi connectivity index (χ2v) is 5.57. The molecule has 23 heavy (non-hydrogen) atoms. The lowest BCUT2D eigenvalue weighted by Gasteiger charge is -2.21. The Bertz CT molecular complexity index is 704. The molecule has 0 aliphatic rings. The summed E-state index contributed by atoms with van der Waals surface area (Å²) in [4.78, 5) is 16.0. The lowest BCUT2D eigenvalue weighted by molar-refractivity contribution is -0.138. The van der Waals surface area contributed by atoms with Crippen LogP contribution in [0.1, 0.15) is 32.4 Å².